The van der Waals surface area contributed by atoms with Crippen LogP contribution in [0.2, 0.25) is 0 Å². The third-order valence-corrected chi connectivity index (χ3v) is 6.86. The van der Waals surface area contributed by atoms with E-state index in [2.05, 4.69) is 17.4 Å². The average molecular weight is 399 g/mol. The summed E-state index contributed by atoms with van der Waals surface area (Å²) in [6.07, 6.45) is 1.80. The van der Waals surface area contributed by atoms with Crippen molar-refractivity contribution in [3.8, 4) is 11.5 Å². The number of fused-ring (bicyclic) bond motifs is 2. The first-order valence-corrected chi connectivity index (χ1v) is 10.4. The van der Waals surface area contributed by atoms with Crippen LogP contribution in [0.25, 0.3) is 10.8 Å². The molecule has 30 heavy (non-hydrogen) atoms. The molecule has 3 aromatic rings. The van der Waals surface area contributed by atoms with Crippen LogP contribution in [0.4, 0.5) is 5.69 Å². The molecule has 0 radical (unpaired) electrons. The van der Waals surface area contributed by atoms with E-state index in [-0.39, 0.29) is 41.7 Å². The predicted molar refractivity (Wildman–Crippen MR) is 112 cm³/mol. The average Bonchev–Trinajstić information content (AvgIpc) is 3.38. The molecule has 1 saturated heterocycles. The van der Waals surface area contributed by atoms with Crippen molar-refractivity contribution in [3.63, 3.8) is 0 Å². The zero-order chi connectivity index (χ0) is 20.2. The van der Waals surface area contributed by atoms with Gasteiger partial charge in [-0.15, -0.1) is 0 Å². The van der Waals surface area contributed by atoms with Gasteiger partial charge < -0.3 is 14.8 Å². The van der Waals surface area contributed by atoms with Gasteiger partial charge >= 0.3 is 5.97 Å². The second-order valence-electron chi connectivity index (χ2n) is 8.55. The predicted octanol–water partition coefficient (Wildman–Crippen LogP) is 4.77. The van der Waals surface area contributed by atoms with E-state index in [4.69, 9.17) is 9.47 Å². The highest BCUT2D eigenvalue weighted by Gasteiger charge is 2.63. The first-order valence-electron chi connectivity index (χ1n) is 10.4. The van der Waals surface area contributed by atoms with Crippen LogP contribution in [0.15, 0.2) is 66.7 Å². The molecule has 2 bridgehead atoms. The highest BCUT2D eigenvalue weighted by molar-refractivity contribution is 5.97. The third-order valence-electron chi connectivity index (χ3n) is 6.86. The van der Waals surface area contributed by atoms with Crippen molar-refractivity contribution in [1.29, 1.82) is 0 Å². The summed E-state index contributed by atoms with van der Waals surface area (Å²) in [6, 6.07) is 21.5. The Balaban J connectivity index is 1.15. The van der Waals surface area contributed by atoms with Gasteiger partial charge in [-0.1, -0.05) is 30.3 Å². The molecule has 0 spiro atoms. The molecule has 5 nitrogen and oxygen atoms in total. The van der Waals surface area contributed by atoms with Crippen LogP contribution in [-0.4, -0.2) is 18.0 Å². The summed E-state index contributed by atoms with van der Waals surface area (Å²) < 4.78 is 11.4. The van der Waals surface area contributed by atoms with Crippen LogP contribution >= 0.6 is 0 Å². The van der Waals surface area contributed by atoms with Crippen molar-refractivity contribution in [2.45, 2.75) is 18.9 Å². The van der Waals surface area contributed by atoms with Gasteiger partial charge in [-0.2, -0.15) is 0 Å². The van der Waals surface area contributed by atoms with Crippen molar-refractivity contribution in [1.82, 2.24) is 0 Å². The topological polar surface area (TPSA) is 64.6 Å². The lowest BCUT2D eigenvalue weighted by molar-refractivity contribution is -0.145. The first kappa shape index (κ1) is 17.5. The Kier molecular flexibility index (Phi) is 3.85. The zero-order valence-electron chi connectivity index (χ0n) is 16.3. The summed E-state index contributed by atoms with van der Waals surface area (Å²) in [4.78, 5) is 25.0. The van der Waals surface area contributed by atoms with E-state index in [1.807, 2.05) is 54.6 Å². The van der Waals surface area contributed by atoms with Gasteiger partial charge in [0, 0.05) is 11.6 Å². The molecule has 2 aliphatic carbocycles. The summed E-state index contributed by atoms with van der Waals surface area (Å²) in [5, 5.41) is 5.28. The molecule has 6 rings (SSSR count). The van der Waals surface area contributed by atoms with Gasteiger partial charge in [0.15, 0.2) is 0 Å². The Morgan fingerprint density at radius 1 is 0.933 bits per heavy atom. The smallest absolute Gasteiger partial charge is 0.310 e. The van der Waals surface area contributed by atoms with Crippen LogP contribution in [0, 0.1) is 23.7 Å². The largest absolute Gasteiger partial charge is 0.462 e. The number of carbonyl (C=O) groups excluding carboxylic acids is 2. The first-order chi connectivity index (χ1) is 14.7. The molecule has 5 heteroatoms. The molecule has 3 fully saturated rings. The summed E-state index contributed by atoms with van der Waals surface area (Å²) in [5.74, 6) is 1.16. The second-order valence-corrected chi connectivity index (χ2v) is 8.55. The molecule has 3 aliphatic rings. The molecule has 0 aromatic heterocycles. The summed E-state index contributed by atoms with van der Waals surface area (Å²) in [7, 11) is 0. The van der Waals surface area contributed by atoms with Gasteiger partial charge in [0.25, 0.3) is 0 Å². The van der Waals surface area contributed by atoms with E-state index >= 15 is 0 Å². The van der Waals surface area contributed by atoms with E-state index < -0.39 is 0 Å². The highest BCUT2D eigenvalue weighted by Crippen LogP contribution is 2.57. The Morgan fingerprint density at radius 3 is 2.53 bits per heavy atom. The zero-order valence-corrected chi connectivity index (χ0v) is 16.3. The fourth-order valence-electron chi connectivity index (χ4n) is 5.56. The highest BCUT2D eigenvalue weighted by atomic mass is 16.6. The van der Waals surface area contributed by atoms with Crippen molar-refractivity contribution in [2.75, 3.05) is 5.32 Å². The molecule has 1 N–H and O–H groups in total. The van der Waals surface area contributed by atoms with Gasteiger partial charge in [-0.05, 0) is 65.9 Å². The number of esters is 1. The number of anilines is 1. The maximum atomic E-state index is 12.9. The monoisotopic (exact) mass is 399 g/mol. The number of hydrogen-bond acceptors (Lipinski definition) is 4. The number of nitrogens with one attached hydrogen (secondary N) is 1. The molecule has 1 amide bonds. The van der Waals surface area contributed by atoms with E-state index in [0.29, 0.717) is 11.4 Å². The van der Waals surface area contributed by atoms with Gasteiger partial charge in [0.1, 0.15) is 17.6 Å². The Bertz CT molecular complexity index is 1150. The van der Waals surface area contributed by atoms with Crippen molar-refractivity contribution < 1.29 is 19.1 Å². The molecule has 1 heterocycles. The molecular formula is C25H21NO4. The molecule has 3 aromatic carbocycles. The number of hydrogen-bond donors (Lipinski definition) is 1. The van der Waals surface area contributed by atoms with Crippen molar-refractivity contribution >= 4 is 28.3 Å². The van der Waals surface area contributed by atoms with Gasteiger partial charge in [0.05, 0.1) is 11.8 Å². The molecular weight excluding hydrogens is 378 g/mol. The lowest BCUT2D eigenvalue weighted by Crippen LogP contribution is -2.35. The number of ether oxygens (including phenoxy) is 2. The van der Waals surface area contributed by atoms with Crippen molar-refractivity contribution in [2.24, 2.45) is 23.7 Å². The number of benzene rings is 3. The van der Waals surface area contributed by atoms with Crippen molar-refractivity contribution in [3.05, 3.63) is 66.7 Å². The number of amides is 1. The van der Waals surface area contributed by atoms with Crippen LogP contribution < -0.4 is 10.1 Å². The standard InChI is InChI=1S/C25H21NO4/c27-24(22-16-12-20-21(13-16)30-25(28)23(20)22)26-17-6-9-18(10-7-17)29-19-8-5-14-3-1-2-4-15(14)11-19/h1-11,16,20-23H,12-13H2,(H,26,27)/t16-,20+,21-,22-,23+/m1/s1. The minimum absolute atomic E-state index is 0.0445. The Hall–Kier alpha value is -3.34. The van der Waals surface area contributed by atoms with Gasteiger partial charge in [-0.25, -0.2) is 0 Å². The minimum Gasteiger partial charge on any atom is -0.462 e. The van der Waals surface area contributed by atoms with Gasteiger partial charge in [-0.3, -0.25) is 9.59 Å². The van der Waals surface area contributed by atoms with E-state index in [1.165, 1.54) is 5.39 Å². The SMILES string of the molecule is O=C(Nc1ccc(Oc2ccc3ccccc3c2)cc1)[C@@H]1[C@@H]2C[C@@H]3[C@@H]1C(=O)O[C@@H]3C2. The minimum atomic E-state index is -0.269. The number of carbonyl (C=O) groups is 2. The molecule has 5 atom stereocenters. The summed E-state index contributed by atoms with van der Waals surface area (Å²) in [6.45, 7) is 0. The maximum Gasteiger partial charge on any atom is 0.310 e. The lowest BCUT2D eigenvalue weighted by Gasteiger charge is -2.23. The molecule has 150 valence electrons. The fraction of sp³-hybridized carbons (Fsp3) is 0.280. The van der Waals surface area contributed by atoms with E-state index in [1.54, 1.807) is 0 Å². The molecule has 1 aliphatic heterocycles. The molecule has 2 saturated carbocycles. The third kappa shape index (κ3) is 2.76. The quantitative estimate of drug-likeness (QED) is 0.642. The van der Waals surface area contributed by atoms with Gasteiger partial charge in [0.2, 0.25) is 5.91 Å². The summed E-state index contributed by atoms with van der Waals surface area (Å²) >= 11 is 0. The van der Waals surface area contributed by atoms with E-state index in [0.717, 1.165) is 24.0 Å². The van der Waals surface area contributed by atoms with E-state index in [9.17, 15) is 9.59 Å². The summed E-state index contributed by atoms with van der Waals surface area (Å²) in [5.41, 5.74) is 0.705. The van der Waals surface area contributed by atoms with Crippen LogP contribution in [0.3, 0.4) is 0 Å². The molecule has 0 unspecified atom stereocenters. The normalized spacial score (nSPS) is 28.5. The second kappa shape index (κ2) is 6.59. The Morgan fingerprint density at radius 2 is 1.70 bits per heavy atom. The van der Waals surface area contributed by atoms with Crippen LogP contribution in [0.1, 0.15) is 12.8 Å². The van der Waals surface area contributed by atoms with Crippen LogP contribution in [-0.2, 0) is 14.3 Å². The maximum absolute atomic E-state index is 12.9. The fourth-order valence-corrected chi connectivity index (χ4v) is 5.56. The number of rotatable bonds is 4. The lowest BCUT2D eigenvalue weighted by atomic mass is 9.79. The van der Waals surface area contributed by atoms with Crippen LogP contribution in [0.5, 0.6) is 11.5 Å². The Labute approximate surface area is 174 Å².